The average Bonchev–Trinajstić information content (AvgIpc) is 2.43. The molecule has 1 amide bonds. The van der Waals surface area contributed by atoms with Gasteiger partial charge in [0.05, 0.1) is 6.04 Å². The lowest BCUT2D eigenvalue weighted by atomic mass is 9.98. The average molecular weight is 299 g/mol. The quantitative estimate of drug-likeness (QED) is 0.748. The van der Waals surface area contributed by atoms with Gasteiger partial charge in [-0.25, -0.2) is 4.79 Å². The molecule has 0 radical (unpaired) electrons. The molecule has 0 aromatic heterocycles. The Morgan fingerprint density at radius 1 is 1.40 bits per heavy atom. The molecule has 1 aromatic carbocycles. The van der Waals surface area contributed by atoms with Crippen molar-refractivity contribution in [3.63, 3.8) is 0 Å². The normalized spacial score (nSPS) is 15.2. The Kier molecular flexibility index (Phi) is 5.98. The highest BCUT2D eigenvalue weighted by atomic mass is 35.5. The number of carboxylic acid groups (broad SMARTS) is 1. The summed E-state index contributed by atoms with van der Waals surface area (Å²) < 4.78 is 0. The van der Waals surface area contributed by atoms with E-state index in [2.05, 4.69) is 5.32 Å². The second-order valence-electron chi connectivity index (χ2n) is 4.71. The molecule has 110 valence electrons. The molecular formula is C14H19ClN2O3. The van der Waals surface area contributed by atoms with E-state index in [0.29, 0.717) is 5.56 Å². The molecule has 20 heavy (non-hydrogen) atoms. The van der Waals surface area contributed by atoms with Crippen LogP contribution in [0, 0.1) is 5.92 Å². The van der Waals surface area contributed by atoms with Gasteiger partial charge in [-0.1, -0.05) is 50.1 Å². The largest absolute Gasteiger partial charge is 0.479 e. The number of hydrogen-bond acceptors (Lipinski definition) is 3. The molecule has 0 aliphatic carbocycles. The van der Waals surface area contributed by atoms with Crippen molar-refractivity contribution in [1.82, 2.24) is 5.32 Å². The fraction of sp³-hybridized carbons (Fsp3) is 0.429. The van der Waals surface area contributed by atoms with Crippen molar-refractivity contribution < 1.29 is 14.7 Å². The maximum Gasteiger partial charge on any atom is 0.330 e. The van der Waals surface area contributed by atoms with Gasteiger partial charge in [0.2, 0.25) is 5.91 Å². The first kappa shape index (κ1) is 16.5. The highest BCUT2D eigenvalue weighted by Gasteiger charge is 2.28. The van der Waals surface area contributed by atoms with Crippen LogP contribution in [0.2, 0.25) is 5.02 Å². The Bertz CT molecular complexity index is 493. The van der Waals surface area contributed by atoms with Crippen molar-refractivity contribution in [3.05, 3.63) is 34.9 Å². The molecule has 0 saturated heterocycles. The van der Waals surface area contributed by atoms with Gasteiger partial charge in [0.15, 0.2) is 6.04 Å². The molecule has 3 atom stereocenters. The highest BCUT2D eigenvalue weighted by Crippen LogP contribution is 2.23. The lowest BCUT2D eigenvalue weighted by Gasteiger charge is -2.21. The third-order valence-electron chi connectivity index (χ3n) is 3.31. The number of hydrogen-bond donors (Lipinski definition) is 3. The van der Waals surface area contributed by atoms with Crippen LogP contribution in [0.25, 0.3) is 0 Å². The number of benzene rings is 1. The zero-order chi connectivity index (χ0) is 15.3. The number of nitrogens with two attached hydrogens (primary N) is 1. The van der Waals surface area contributed by atoms with Gasteiger partial charge in [0.1, 0.15) is 0 Å². The Morgan fingerprint density at radius 3 is 2.50 bits per heavy atom. The van der Waals surface area contributed by atoms with Crippen molar-refractivity contribution in [2.75, 3.05) is 0 Å². The standard InChI is InChI=1S/C14H19ClN2O3/c1-3-8(2)11(16)13(18)17-12(14(19)20)9-6-4-5-7-10(9)15/h4-8,11-12H,3,16H2,1-2H3,(H,17,18)(H,19,20)/t8?,11-,12+/m0/s1. The molecule has 1 aromatic rings. The van der Waals surface area contributed by atoms with E-state index < -0.39 is 24.0 Å². The molecule has 0 fully saturated rings. The van der Waals surface area contributed by atoms with Gasteiger partial charge in [-0.05, 0) is 12.0 Å². The fourth-order valence-corrected chi connectivity index (χ4v) is 1.98. The molecule has 0 aliphatic rings. The Balaban J connectivity index is 2.92. The van der Waals surface area contributed by atoms with Crippen LogP contribution in [0.1, 0.15) is 31.9 Å². The topological polar surface area (TPSA) is 92.4 Å². The highest BCUT2D eigenvalue weighted by molar-refractivity contribution is 6.31. The minimum Gasteiger partial charge on any atom is -0.479 e. The van der Waals surface area contributed by atoms with Crippen molar-refractivity contribution in [3.8, 4) is 0 Å². The molecule has 5 nitrogen and oxygen atoms in total. The zero-order valence-corrected chi connectivity index (χ0v) is 12.2. The van der Waals surface area contributed by atoms with Crippen molar-refractivity contribution in [1.29, 1.82) is 0 Å². The van der Waals surface area contributed by atoms with Gasteiger partial charge in [-0.15, -0.1) is 0 Å². The molecule has 0 spiro atoms. The van der Waals surface area contributed by atoms with Crippen LogP contribution in [0.4, 0.5) is 0 Å². The number of carboxylic acids is 1. The van der Waals surface area contributed by atoms with Gasteiger partial charge >= 0.3 is 5.97 Å². The number of amides is 1. The molecule has 0 heterocycles. The van der Waals surface area contributed by atoms with E-state index in [9.17, 15) is 14.7 Å². The Labute approximate surface area is 123 Å². The third kappa shape index (κ3) is 3.95. The number of nitrogens with one attached hydrogen (secondary N) is 1. The molecule has 0 aliphatic heterocycles. The maximum absolute atomic E-state index is 12.0. The second kappa shape index (κ2) is 7.26. The van der Waals surface area contributed by atoms with E-state index in [1.54, 1.807) is 24.3 Å². The molecule has 1 rings (SSSR count). The van der Waals surface area contributed by atoms with Crippen LogP contribution in [0.15, 0.2) is 24.3 Å². The summed E-state index contributed by atoms with van der Waals surface area (Å²) in [5, 5.41) is 12.0. The summed E-state index contributed by atoms with van der Waals surface area (Å²) in [7, 11) is 0. The second-order valence-corrected chi connectivity index (χ2v) is 5.12. The lowest BCUT2D eigenvalue weighted by Crippen LogP contribution is -2.47. The molecule has 0 saturated carbocycles. The number of carbonyl (C=O) groups excluding carboxylic acids is 1. The van der Waals surface area contributed by atoms with Crippen LogP contribution in [0.3, 0.4) is 0 Å². The van der Waals surface area contributed by atoms with E-state index in [4.69, 9.17) is 17.3 Å². The van der Waals surface area contributed by atoms with Crippen molar-refractivity contribution in [2.24, 2.45) is 11.7 Å². The van der Waals surface area contributed by atoms with E-state index in [1.165, 1.54) is 0 Å². The van der Waals surface area contributed by atoms with E-state index in [-0.39, 0.29) is 10.9 Å². The van der Waals surface area contributed by atoms with E-state index in [1.807, 2.05) is 13.8 Å². The van der Waals surface area contributed by atoms with Crippen molar-refractivity contribution >= 4 is 23.5 Å². The summed E-state index contributed by atoms with van der Waals surface area (Å²) >= 11 is 5.97. The predicted molar refractivity (Wildman–Crippen MR) is 77.4 cm³/mol. The first-order chi connectivity index (χ1) is 9.38. The Morgan fingerprint density at radius 2 is 2.00 bits per heavy atom. The first-order valence-electron chi connectivity index (χ1n) is 6.41. The molecule has 4 N–H and O–H groups in total. The molecule has 0 bridgehead atoms. The Hall–Kier alpha value is -1.59. The summed E-state index contributed by atoms with van der Waals surface area (Å²) in [6, 6.07) is 4.55. The number of carbonyl (C=O) groups is 2. The SMILES string of the molecule is CCC(C)[C@H](N)C(=O)N[C@@H](C(=O)O)c1ccccc1Cl. The van der Waals surface area contributed by atoms with Gasteiger partial charge in [0.25, 0.3) is 0 Å². The summed E-state index contributed by atoms with van der Waals surface area (Å²) in [4.78, 5) is 23.3. The van der Waals surface area contributed by atoms with Crippen LogP contribution >= 0.6 is 11.6 Å². The van der Waals surface area contributed by atoms with Crippen LogP contribution in [-0.4, -0.2) is 23.0 Å². The van der Waals surface area contributed by atoms with E-state index >= 15 is 0 Å². The number of halogens is 1. The first-order valence-corrected chi connectivity index (χ1v) is 6.79. The summed E-state index contributed by atoms with van der Waals surface area (Å²) in [6.45, 7) is 3.76. The van der Waals surface area contributed by atoms with Crippen LogP contribution in [-0.2, 0) is 9.59 Å². The summed E-state index contributed by atoms with van der Waals surface area (Å²) in [6.07, 6.45) is 0.735. The zero-order valence-electron chi connectivity index (χ0n) is 11.5. The number of rotatable bonds is 6. The number of aliphatic carboxylic acids is 1. The summed E-state index contributed by atoms with van der Waals surface area (Å²) in [5.74, 6) is -1.70. The molecule has 1 unspecified atom stereocenters. The van der Waals surface area contributed by atoms with Crippen LogP contribution < -0.4 is 11.1 Å². The van der Waals surface area contributed by atoms with Gasteiger partial charge in [0, 0.05) is 10.6 Å². The summed E-state index contributed by atoms with van der Waals surface area (Å²) in [5.41, 5.74) is 6.14. The minimum atomic E-state index is -1.20. The molecule has 6 heteroatoms. The van der Waals surface area contributed by atoms with Gasteiger partial charge in [-0.2, -0.15) is 0 Å². The lowest BCUT2D eigenvalue weighted by molar-refractivity contribution is -0.142. The van der Waals surface area contributed by atoms with Crippen molar-refractivity contribution in [2.45, 2.75) is 32.4 Å². The van der Waals surface area contributed by atoms with Gasteiger partial charge in [-0.3, -0.25) is 4.79 Å². The van der Waals surface area contributed by atoms with Gasteiger partial charge < -0.3 is 16.2 Å². The third-order valence-corrected chi connectivity index (χ3v) is 3.65. The predicted octanol–water partition coefficient (Wildman–Crippen LogP) is 1.96. The van der Waals surface area contributed by atoms with E-state index in [0.717, 1.165) is 6.42 Å². The maximum atomic E-state index is 12.0. The monoisotopic (exact) mass is 298 g/mol. The van der Waals surface area contributed by atoms with Crippen LogP contribution in [0.5, 0.6) is 0 Å². The molecular weight excluding hydrogens is 280 g/mol. The smallest absolute Gasteiger partial charge is 0.330 e. The fourth-order valence-electron chi connectivity index (χ4n) is 1.73. The minimum absolute atomic E-state index is 0.0318.